The van der Waals surface area contributed by atoms with Crippen LogP contribution in [0.2, 0.25) is 0 Å². The van der Waals surface area contributed by atoms with Gasteiger partial charge in [-0.15, -0.1) is 0 Å². The number of amides is 5. The van der Waals surface area contributed by atoms with Crippen LogP contribution in [-0.4, -0.2) is 39.8 Å². The smallest absolute Gasteiger partial charge is 0.331 e. The van der Waals surface area contributed by atoms with Gasteiger partial charge in [0.25, 0.3) is 5.91 Å². The van der Waals surface area contributed by atoms with Crippen molar-refractivity contribution in [1.29, 1.82) is 0 Å². The van der Waals surface area contributed by atoms with E-state index >= 15 is 0 Å². The first-order valence-electron chi connectivity index (χ1n) is 9.62. The Hall–Kier alpha value is -3.36. The second-order valence-electron chi connectivity index (χ2n) is 7.07. The van der Waals surface area contributed by atoms with Crippen molar-refractivity contribution in [2.24, 2.45) is 5.92 Å². The Kier molecular flexibility index (Phi) is 6.16. The lowest BCUT2D eigenvalue weighted by molar-refractivity contribution is -0.143. The lowest BCUT2D eigenvalue weighted by atomic mass is 9.91. The third kappa shape index (κ3) is 4.23. The molecule has 1 heterocycles. The molecule has 0 aromatic heterocycles. The molecule has 1 atom stereocenters. The minimum Gasteiger partial charge on any atom is -0.507 e. The van der Waals surface area contributed by atoms with E-state index in [1.54, 1.807) is 19.1 Å². The maximum atomic E-state index is 13.0. The summed E-state index contributed by atoms with van der Waals surface area (Å²) in [5, 5.41) is 12.0. The summed E-state index contributed by atoms with van der Waals surface area (Å²) in [5.74, 6) is -3.46. The number of carbonyl (C=O) groups is 4. The van der Waals surface area contributed by atoms with Gasteiger partial charge in [0.1, 0.15) is 5.75 Å². The van der Waals surface area contributed by atoms with E-state index < -0.39 is 29.7 Å². The molecule has 0 spiro atoms. The number of aromatic hydroxyl groups is 1. The van der Waals surface area contributed by atoms with E-state index in [-0.39, 0.29) is 23.1 Å². The number of nitrogens with zero attached hydrogens (tertiary/aromatic N) is 1. The Morgan fingerprint density at radius 3 is 2.48 bits per heavy atom. The van der Waals surface area contributed by atoms with E-state index in [0.29, 0.717) is 12.8 Å². The molecule has 0 unspecified atom stereocenters. The number of rotatable bonds is 5. The highest BCUT2D eigenvalue weighted by molar-refractivity contribution is 6.17. The predicted octanol–water partition coefficient (Wildman–Crippen LogP) is 1.56. The first kappa shape index (κ1) is 20.4. The quantitative estimate of drug-likeness (QED) is 0.439. The number of imide groups is 2. The van der Waals surface area contributed by atoms with Gasteiger partial charge in [0, 0.05) is 11.7 Å². The van der Waals surface area contributed by atoms with Crippen LogP contribution in [-0.2, 0) is 9.59 Å². The summed E-state index contributed by atoms with van der Waals surface area (Å²) < 4.78 is 0. The number of allylic oxidation sites excluding steroid dienone is 1. The summed E-state index contributed by atoms with van der Waals surface area (Å²) >= 11 is 0. The molecule has 1 aliphatic heterocycles. The summed E-state index contributed by atoms with van der Waals surface area (Å²) in [6.45, 7) is 1.61. The number of hydrogen-bond donors (Lipinski definition) is 4. The molecule has 1 saturated heterocycles. The largest absolute Gasteiger partial charge is 0.507 e. The van der Waals surface area contributed by atoms with Crippen LogP contribution in [0, 0.1) is 5.92 Å². The molecule has 4 N–H and O–H groups in total. The van der Waals surface area contributed by atoms with E-state index in [1.165, 1.54) is 18.2 Å². The van der Waals surface area contributed by atoms with Crippen molar-refractivity contribution in [3.63, 3.8) is 0 Å². The van der Waals surface area contributed by atoms with Crippen LogP contribution in [0.3, 0.4) is 0 Å². The van der Waals surface area contributed by atoms with E-state index in [9.17, 15) is 24.3 Å². The van der Waals surface area contributed by atoms with Gasteiger partial charge in [-0.3, -0.25) is 30.0 Å². The minimum atomic E-state index is -1.27. The van der Waals surface area contributed by atoms with Crippen LogP contribution in [0.15, 0.2) is 36.0 Å². The molecule has 0 bridgehead atoms. The Bertz CT molecular complexity index is 860. The summed E-state index contributed by atoms with van der Waals surface area (Å²) in [6, 6.07) is 5.05. The average Bonchev–Trinajstić information content (AvgIpc) is 2.71. The van der Waals surface area contributed by atoms with Crippen molar-refractivity contribution in [2.75, 3.05) is 0 Å². The molecule has 1 aromatic carbocycles. The minimum absolute atomic E-state index is 0.0360. The normalized spacial score (nSPS) is 21.0. The van der Waals surface area contributed by atoms with Crippen LogP contribution < -0.4 is 16.2 Å². The molecule has 2 fully saturated rings. The van der Waals surface area contributed by atoms with Gasteiger partial charge < -0.3 is 10.5 Å². The molecule has 2 aliphatic rings. The van der Waals surface area contributed by atoms with E-state index in [4.69, 9.17) is 0 Å². The van der Waals surface area contributed by atoms with Gasteiger partial charge in [0.2, 0.25) is 11.8 Å². The fourth-order valence-corrected chi connectivity index (χ4v) is 3.72. The molecule has 9 nitrogen and oxygen atoms in total. The van der Waals surface area contributed by atoms with Gasteiger partial charge in [0.05, 0.1) is 5.56 Å². The highest BCUT2D eigenvalue weighted by atomic mass is 16.3. The Morgan fingerprint density at radius 2 is 1.83 bits per heavy atom. The topological polar surface area (TPSA) is 128 Å². The Balaban J connectivity index is 1.74. The van der Waals surface area contributed by atoms with Gasteiger partial charge in [0.15, 0.2) is 5.92 Å². The monoisotopic (exact) mass is 400 g/mol. The van der Waals surface area contributed by atoms with Crippen molar-refractivity contribution in [2.45, 2.75) is 45.1 Å². The van der Waals surface area contributed by atoms with Crippen LogP contribution in [0.1, 0.15) is 49.4 Å². The standard InChI is InChI=1S/C20H24N4O5/c1-2-14(22-23-17(26)13-10-6-7-11-15(13)25)16-18(27)21-20(29)24(19(16)28)12-8-4-3-5-9-12/h2,6-7,10-12,16,22,25H,3-5,8-9H2,1H3,(H,23,26)(H,21,27,29)/b14-2+/t16-/m1/s1. The van der Waals surface area contributed by atoms with Crippen LogP contribution >= 0.6 is 0 Å². The van der Waals surface area contributed by atoms with Gasteiger partial charge in [-0.05, 0) is 31.9 Å². The van der Waals surface area contributed by atoms with E-state index in [0.717, 1.165) is 24.2 Å². The molecule has 154 valence electrons. The van der Waals surface area contributed by atoms with Crippen LogP contribution in [0.5, 0.6) is 5.75 Å². The van der Waals surface area contributed by atoms with Gasteiger partial charge >= 0.3 is 6.03 Å². The molecule has 9 heteroatoms. The van der Waals surface area contributed by atoms with E-state index in [1.807, 2.05) is 0 Å². The third-order valence-corrected chi connectivity index (χ3v) is 5.23. The van der Waals surface area contributed by atoms with Gasteiger partial charge in [-0.1, -0.05) is 37.5 Å². The third-order valence-electron chi connectivity index (χ3n) is 5.23. The number of benzene rings is 1. The van der Waals surface area contributed by atoms with Crippen molar-refractivity contribution < 1.29 is 24.3 Å². The Morgan fingerprint density at radius 1 is 1.14 bits per heavy atom. The predicted molar refractivity (Wildman–Crippen MR) is 103 cm³/mol. The van der Waals surface area contributed by atoms with Gasteiger partial charge in [-0.2, -0.15) is 0 Å². The zero-order chi connectivity index (χ0) is 21.0. The number of urea groups is 1. The highest BCUT2D eigenvalue weighted by Gasteiger charge is 2.45. The average molecular weight is 400 g/mol. The van der Waals surface area contributed by atoms with Crippen LogP contribution in [0.4, 0.5) is 4.79 Å². The lowest BCUT2D eigenvalue weighted by Gasteiger charge is -2.38. The number of para-hydroxylation sites is 1. The highest BCUT2D eigenvalue weighted by Crippen LogP contribution is 2.27. The SMILES string of the molecule is C/C=C(/NNC(=O)c1ccccc1O)[C@@H]1C(=O)NC(=O)N(C2CCCCC2)C1=O. The van der Waals surface area contributed by atoms with E-state index in [2.05, 4.69) is 16.2 Å². The molecule has 1 saturated carbocycles. The van der Waals surface area contributed by atoms with Crippen molar-refractivity contribution in [3.8, 4) is 5.75 Å². The first-order chi connectivity index (χ1) is 13.9. The molecule has 1 aromatic rings. The number of barbiturate groups is 1. The van der Waals surface area contributed by atoms with Crippen molar-refractivity contribution in [1.82, 2.24) is 21.1 Å². The lowest BCUT2D eigenvalue weighted by Crippen LogP contribution is -2.62. The number of carbonyl (C=O) groups excluding carboxylic acids is 4. The Labute approximate surface area is 168 Å². The number of hydrazine groups is 1. The fraction of sp³-hybridized carbons (Fsp3) is 0.400. The maximum Gasteiger partial charge on any atom is 0.331 e. The second-order valence-corrected chi connectivity index (χ2v) is 7.07. The molecule has 5 amide bonds. The summed E-state index contributed by atoms with van der Waals surface area (Å²) in [6.07, 6.45) is 5.81. The first-order valence-corrected chi connectivity index (χ1v) is 9.62. The van der Waals surface area contributed by atoms with Gasteiger partial charge in [-0.25, -0.2) is 4.79 Å². The molecule has 29 heavy (non-hydrogen) atoms. The number of nitrogens with one attached hydrogen (secondary N) is 3. The zero-order valence-electron chi connectivity index (χ0n) is 16.1. The molecule has 1 aliphatic carbocycles. The summed E-state index contributed by atoms with van der Waals surface area (Å²) in [7, 11) is 0. The second kappa shape index (κ2) is 8.76. The summed E-state index contributed by atoms with van der Waals surface area (Å²) in [4.78, 5) is 51.1. The molecular weight excluding hydrogens is 376 g/mol. The molecule has 3 rings (SSSR count). The number of hydrogen-bond acceptors (Lipinski definition) is 6. The zero-order valence-corrected chi connectivity index (χ0v) is 16.1. The fourth-order valence-electron chi connectivity index (χ4n) is 3.72. The number of phenols is 1. The van der Waals surface area contributed by atoms with Crippen molar-refractivity contribution in [3.05, 3.63) is 41.6 Å². The van der Waals surface area contributed by atoms with Crippen molar-refractivity contribution >= 4 is 23.8 Å². The van der Waals surface area contributed by atoms with Crippen LogP contribution in [0.25, 0.3) is 0 Å². The molecule has 0 radical (unpaired) electrons. The summed E-state index contributed by atoms with van der Waals surface area (Å²) in [5.41, 5.74) is 5.16. The molecular formula is C20H24N4O5. The number of phenolic OH excluding ortho intramolecular Hbond substituents is 1. The maximum absolute atomic E-state index is 13.0.